The minimum atomic E-state index is -3.71. The van der Waals surface area contributed by atoms with Crippen molar-refractivity contribution in [2.24, 2.45) is 0 Å². The molecule has 23 heavy (non-hydrogen) atoms. The topological polar surface area (TPSA) is 55.8 Å². The summed E-state index contributed by atoms with van der Waals surface area (Å²) < 4.78 is 37.8. The van der Waals surface area contributed by atoms with Crippen molar-refractivity contribution >= 4 is 27.3 Å². The molecular formula is C16H16ClNO4S. The maximum absolute atomic E-state index is 12.9. The molecule has 5 nitrogen and oxygen atoms in total. The predicted octanol–water partition coefficient (Wildman–Crippen LogP) is 3.24. The summed E-state index contributed by atoms with van der Waals surface area (Å²) in [5.41, 5.74) is 1.35. The number of sulfonamides is 1. The molecule has 0 unspecified atom stereocenters. The second-order valence-corrected chi connectivity index (χ2v) is 7.61. The van der Waals surface area contributed by atoms with E-state index >= 15 is 0 Å². The Morgan fingerprint density at radius 2 is 1.74 bits per heavy atom. The number of hydrogen-bond donors (Lipinski definition) is 0. The van der Waals surface area contributed by atoms with Crippen molar-refractivity contribution in [2.45, 2.75) is 11.8 Å². The fraction of sp³-hybridized carbons (Fsp3) is 0.250. The highest BCUT2D eigenvalue weighted by Crippen LogP contribution is 2.34. The fourth-order valence-electron chi connectivity index (χ4n) is 2.44. The van der Waals surface area contributed by atoms with Crippen molar-refractivity contribution in [2.75, 3.05) is 24.6 Å². The van der Waals surface area contributed by atoms with E-state index in [2.05, 4.69) is 0 Å². The molecule has 122 valence electrons. The predicted molar refractivity (Wildman–Crippen MR) is 89.2 cm³/mol. The maximum atomic E-state index is 12.9. The standard InChI is InChI=1S/C16H16ClNO4S/c1-11-9-12(17)3-5-14(11)18(2)23(19,20)13-4-6-15-16(10-13)22-8-7-21-15/h3-6,9-10H,7-8H2,1-2H3. The van der Waals surface area contributed by atoms with Gasteiger partial charge in [-0.15, -0.1) is 0 Å². The highest BCUT2D eigenvalue weighted by molar-refractivity contribution is 7.92. The SMILES string of the molecule is Cc1cc(Cl)ccc1N(C)S(=O)(=O)c1ccc2c(c1)OCCO2. The van der Waals surface area contributed by atoms with Crippen LogP contribution < -0.4 is 13.8 Å². The number of aryl methyl sites for hydroxylation is 1. The molecule has 3 rings (SSSR count). The summed E-state index contributed by atoms with van der Waals surface area (Å²) in [4.78, 5) is 0.151. The van der Waals surface area contributed by atoms with Gasteiger partial charge in [0.05, 0.1) is 10.6 Å². The molecule has 0 atom stereocenters. The van der Waals surface area contributed by atoms with Crippen LogP contribution in [0.15, 0.2) is 41.3 Å². The normalized spacial score (nSPS) is 13.7. The third kappa shape index (κ3) is 2.96. The van der Waals surface area contributed by atoms with E-state index in [1.165, 1.54) is 23.5 Å². The summed E-state index contributed by atoms with van der Waals surface area (Å²) in [6, 6.07) is 9.71. The Bertz CT molecular complexity index is 851. The van der Waals surface area contributed by atoms with Crippen LogP contribution in [0, 0.1) is 6.92 Å². The number of halogens is 1. The lowest BCUT2D eigenvalue weighted by Crippen LogP contribution is -2.27. The molecule has 0 fully saturated rings. The Labute approximate surface area is 140 Å². The van der Waals surface area contributed by atoms with Crippen molar-refractivity contribution in [3.63, 3.8) is 0 Å². The first-order valence-corrected chi connectivity index (χ1v) is 8.86. The average Bonchev–Trinajstić information content (AvgIpc) is 2.53. The molecule has 0 aromatic heterocycles. The van der Waals surface area contributed by atoms with Crippen molar-refractivity contribution < 1.29 is 17.9 Å². The number of benzene rings is 2. The van der Waals surface area contributed by atoms with Crippen LogP contribution in [-0.4, -0.2) is 28.7 Å². The van der Waals surface area contributed by atoms with E-state index in [9.17, 15) is 8.42 Å². The molecule has 1 aliphatic rings. The quantitative estimate of drug-likeness (QED) is 0.850. The van der Waals surface area contributed by atoms with Crippen LogP contribution >= 0.6 is 11.6 Å². The molecule has 0 bridgehead atoms. The van der Waals surface area contributed by atoms with Crippen LogP contribution in [0.25, 0.3) is 0 Å². The van der Waals surface area contributed by atoms with Gasteiger partial charge in [-0.3, -0.25) is 4.31 Å². The van der Waals surface area contributed by atoms with Gasteiger partial charge in [-0.1, -0.05) is 11.6 Å². The molecule has 0 aliphatic carbocycles. The molecule has 0 amide bonds. The third-order valence-electron chi connectivity index (χ3n) is 3.67. The van der Waals surface area contributed by atoms with E-state index in [1.807, 2.05) is 6.92 Å². The highest BCUT2D eigenvalue weighted by atomic mass is 35.5. The molecular weight excluding hydrogens is 338 g/mol. The maximum Gasteiger partial charge on any atom is 0.264 e. The zero-order valence-electron chi connectivity index (χ0n) is 12.7. The van der Waals surface area contributed by atoms with Gasteiger partial charge in [0.1, 0.15) is 13.2 Å². The lowest BCUT2D eigenvalue weighted by Gasteiger charge is -2.23. The number of nitrogens with zero attached hydrogens (tertiary/aromatic N) is 1. The van der Waals surface area contributed by atoms with Crippen LogP contribution in [0.4, 0.5) is 5.69 Å². The summed E-state index contributed by atoms with van der Waals surface area (Å²) >= 11 is 5.93. The van der Waals surface area contributed by atoms with Crippen LogP contribution in [-0.2, 0) is 10.0 Å². The molecule has 1 aliphatic heterocycles. The molecule has 0 N–H and O–H groups in total. The fourth-order valence-corrected chi connectivity index (χ4v) is 3.95. The highest BCUT2D eigenvalue weighted by Gasteiger charge is 2.25. The van der Waals surface area contributed by atoms with Crippen LogP contribution in [0.3, 0.4) is 0 Å². The van der Waals surface area contributed by atoms with Crippen molar-refractivity contribution in [3.05, 3.63) is 47.0 Å². The van der Waals surface area contributed by atoms with E-state index < -0.39 is 10.0 Å². The average molecular weight is 354 g/mol. The first-order chi connectivity index (χ1) is 10.9. The van der Waals surface area contributed by atoms with E-state index in [1.54, 1.807) is 24.3 Å². The number of rotatable bonds is 3. The van der Waals surface area contributed by atoms with Gasteiger partial charge < -0.3 is 9.47 Å². The zero-order valence-corrected chi connectivity index (χ0v) is 14.3. The number of hydrogen-bond acceptors (Lipinski definition) is 4. The van der Waals surface area contributed by atoms with Gasteiger partial charge in [-0.25, -0.2) is 8.42 Å². The molecule has 0 radical (unpaired) electrons. The number of fused-ring (bicyclic) bond motifs is 1. The lowest BCUT2D eigenvalue weighted by atomic mass is 10.2. The molecule has 2 aromatic carbocycles. The Balaban J connectivity index is 2.00. The molecule has 1 heterocycles. The second kappa shape index (κ2) is 5.94. The van der Waals surface area contributed by atoms with Crippen LogP contribution in [0.2, 0.25) is 5.02 Å². The monoisotopic (exact) mass is 353 g/mol. The van der Waals surface area contributed by atoms with Crippen molar-refractivity contribution in [1.82, 2.24) is 0 Å². The molecule has 0 saturated carbocycles. The van der Waals surface area contributed by atoms with Gasteiger partial charge in [-0.05, 0) is 42.8 Å². The summed E-state index contributed by atoms with van der Waals surface area (Å²) in [5, 5.41) is 0.566. The van der Waals surface area contributed by atoms with Gasteiger partial charge in [0.2, 0.25) is 0 Å². The van der Waals surface area contributed by atoms with Gasteiger partial charge in [-0.2, -0.15) is 0 Å². The van der Waals surface area contributed by atoms with Crippen molar-refractivity contribution in [1.29, 1.82) is 0 Å². The van der Waals surface area contributed by atoms with Gasteiger partial charge >= 0.3 is 0 Å². The van der Waals surface area contributed by atoms with E-state index in [0.29, 0.717) is 35.4 Å². The molecule has 0 saturated heterocycles. The van der Waals surface area contributed by atoms with Gasteiger partial charge in [0.15, 0.2) is 11.5 Å². The Hall–Kier alpha value is -1.92. The second-order valence-electron chi connectivity index (χ2n) is 5.21. The largest absolute Gasteiger partial charge is 0.486 e. The summed E-state index contributed by atoms with van der Waals surface area (Å²) in [5.74, 6) is 0.999. The molecule has 2 aromatic rings. The van der Waals surface area contributed by atoms with E-state index in [-0.39, 0.29) is 4.90 Å². The molecule has 7 heteroatoms. The van der Waals surface area contributed by atoms with E-state index in [4.69, 9.17) is 21.1 Å². The van der Waals surface area contributed by atoms with E-state index in [0.717, 1.165) is 5.56 Å². The lowest BCUT2D eigenvalue weighted by molar-refractivity contribution is 0.171. The summed E-state index contributed by atoms with van der Waals surface area (Å²) in [6.07, 6.45) is 0. The minimum absolute atomic E-state index is 0.151. The number of ether oxygens (including phenoxy) is 2. The third-order valence-corrected chi connectivity index (χ3v) is 5.67. The Morgan fingerprint density at radius 3 is 2.43 bits per heavy atom. The van der Waals surface area contributed by atoms with Crippen LogP contribution in [0.1, 0.15) is 5.56 Å². The first kappa shape index (κ1) is 16.0. The number of anilines is 1. The Morgan fingerprint density at radius 1 is 1.04 bits per heavy atom. The molecule has 0 spiro atoms. The summed E-state index contributed by atoms with van der Waals surface area (Å²) in [7, 11) is -2.19. The zero-order chi connectivity index (χ0) is 16.6. The smallest absolute Gasteiger partial charge is 0.264 e. The van der Waals surface area contributed by atoms with Crippen LogP contribution in [0.5, 0.6) is 11.5 Å². The van der Waals surface area contributed by atoms with Gasteiger partial charge in [0.25, 0.3) is 10.0 Å². The first-order valence-electron chi connectivity index (χ1n) is 7.04. The Kier molecular flexibility index (Phi) is 4.12. The van der Waals surface area contributed by atoms with Crippen molar-refractivity contribution in [3.8, 4) is 11.5 Å². The summed E-state index contributed by atoms with van der Waals surface area (Å²) in [6.45, 7) is 2.68. The minimum Gasteiger partial charge on any atom is -0.486 e. The van der Waals surface area contributed by atoms with Gasteiger partial charge in [0, 0.05) is 18.1 Å².